The first-order valence-electron chi connectivity index (χ1n) is 6.14. The number of nitrogens with one attached hydrogen (secondary N) is 1. The van der Waals surface area contributed by atoms with Gasteiger partial charge in [0.2, 0.25) is 0 Å². The zero-order valence-electron chi connectivity index (χ0n) is 9.81. The number of carbonyl (C=O) groups is 1. The molecule has 2 aliphatic heterocycles. The predicted octanol–water partition coefficient (Wildman–Crippen LogP) is 2.95. The number of para-hydroxylation sites is 3. The van der Waals surface area contributed by atoms with Crippen molar-refractivity contribution in [1.82, 2.24) is 0 Å². The van der Waals surface area contributed by atoms with Crippen LogP contribution in [-0.4, -0.2) is 12.5 Å². The van der Waals surface area contributed by atoms with Gasteiger partial charge in [0.05, 0.1) is 22.6 Å². The average Bonchev–Trinajstić information content (AvgIpc) is 2.77. The maximum Gasteiger partial charge on any atom is 0.257 e. The second kappa shape index (κ2) is 3.35. The van der Waals surface area contributed by atoms with Gasteiger partial charge in [-0.2, -0.15) is 0 Å². The largest absolute Gasteiger partial charge is 0.339 e. The van der Waals surface area contributed by atoms with Crippen LogP contribution in [0.5, 0.6) is 0 Å². The van der Waals surface area contributed by atoms with Crippen molar-refractivity contribution in [3.8, 4) is 0 Å². The minimum Gasteiger partial charge on any atom is -0.339 e. The minimum atomic E-state index is -0.0105. The van der Waals surface area contributed by atoms with Crippen LogP contribution < -0.4 is 10.2 Å². The van der Waals surface area contributed by atoms with Crippen molar-refractivity contribution in [2.75, 3.05) is 16.8 Å². The van der Waals surface area contributed by atoms with Crippen LogP contribution in [0.3, 0.4) is 0 Å². The summed E-state index contributed by atoms with van der Waals surface area (Å²) in [5, 5.41) is 2.99. The molecule has 4 rings (SSSR count). The Morgan fingerprint density at radius 3 is 2.89 bits per heavy atom. The van der Waals surface area contributed by atoms with E-state index in [-0.39, 0.29) is 5.91 Å². The number of benzene rings is 2. The summed E-state index contributed by atoms with van der Waals surface area (Å²) in [5.74, 6) is -0.0105. The van der Waals surface area contributed by atoms with Gasteiger partial charge in [-0.15, -0.1) is 0 Å². The van der Waals surface area contributed by atoms with Gasteiger partial charge in [-0.1, -0.05) is 24.3 Å². The van der Waals surface area contributed by atoms with Crippen molar-refractivity contribution in [3.63, 3.8) is 0 Å². The molecule has 0 fully saturated rings. The Kier molecular flexibility index (Phi) is 1.81. The molecule has 0 aliphatic carbocycles. The molecule has 0 atom stereocenters. The molecule has 2 heterocycles. The zero-order valence-corrected chi connectivity index (χ0v) is 9.81. The van der Waals surface area contributed by atoms with E-state index in [4.69, 9.17) is 0 Å². The van der Waals surface area contributed by atoms with Gasteiger partial charge in [-0.25, -0.2) is 0 Å². The molecular weight excluding hydrogens is 224 g/mol. The van der Waals surface area contributed by atoms with Gasteiger partial charge < -0.3 is 10.2 Å². The zero-order chi connectivity index (χ0) is 12.1. The molecule has 1 amide bonds. The molecule has 0 spiro atoms. The van der Waals surface area contributed by atoms with Gasteiger partial charge in [0, 0.05) is 6.54 Å². The average molecular weight is 236 g/mol. The van der Waals surface area contributed by atoms with E-state index >= 15 is 0 Å². The van der Waals surface area contributed by atoms with E-state index in [9.17, 15) is 4.79 Å². The van der Waals surface area contributed by atoms with Crippen molar-refractivity contribution in [3.05, 3.63) is 53.6 Å². The van der Waals surface area contributed by atoms with Crippen LogP contribution in [0.4, 0.5) is 17.1 Å². The number of hydrogen-bond donors (Lipinski definition) is 1. The molecule has 0 unspecified atom stereocenters. The Morgan fingerprint density at radius 2 is 1.94 bits per heavy atom. The molecule has 0 aromatic heterocycles. The number of hydrogen-bond acceptors (Lipinski definition) is 2. The van der Waals surface area contributed by atoms with E-state index in [0.717, 1.165) is 35.6 Å². The third kappa shape index (κ3) is 1.16. The summed E-state index contributed by atoms with van der Waals surface area (Å²) in [5.41, 5.74) is 5.11. The molecule has 3 nitrogen and oxygen atoms in total. The highest BCUT2D eigenvalue weighted by atomic mass is 16.1. The monoisotopic (exact) mass is 236 g/mol. The molecular formula is C15H12N2O. The van der Waals surface area contributed by atoms with Gasteiger partial charge >= 0.3 is 0 Å². The van der Waals surface area contributed by atoms with E-state index in [1.807, 2.05) is 30.3 Å². The molecule has 1 N–H and O–H groups in total. The standard InChI is InChI=1S/C15H12N2O/c18-15-11-5-3-4-10-8-9-17(14(10)11)13-7-2-1-6-12(13)16-15/h1-7H,8-9H2,(H,16,18). The minimum absolute atomic E-state index is 0.0105. The molecule has 0 bridgehead atoms. The second-order valence-electron chi connectivity index (χ2n) is 4.69. The van der Waals surface area contributed by atoms with Gasteiger partial charge in [0.1, 0.15) is 0 Å². The molecule has 0 saturated carbocycles. The summed E-state index contributed by atoms with van der Waals surface area (Å²) in [7, 11) is 0. The van der Waals surface area contributed by atoms with Crippen LogP contribution in [0, 0.1) is 0 Å². The molecule has 88 valence electrons. The van der Waals surface area contributed by atoms with E-state index < -0.39 is 0 Å². The number of fused-ring (bicyclic) bond motifs is 2. The third-order valence-corrected chi connectivity index (χ3v) is 3.68. The van der Waals surface area contributed by atoms with Crippen molar-refractivity contribution < 1.29 is 4.79 Å². The lowest BCUT2D eigenvalue weighted by molar-refractivity contribution is 0.102. The fourth-order valence-corrected chi connectivity index (χ4v) is 2.88. The topological polar surface area (TPSA) is 32.3 Å². The molecule has 18 heavy (non-hydrogen) atoms. The fraction of sp³-hybridized carbons (Fsp3) is 0.133. The Bertz CT molecular complexity index is 663. The molecule has 2 aromatic rings. The maximum absolute atomic E-state index is 12.3. The van der Waals surface area contributed by atoms with E-state index in [1.165, 1.54) is 5.56 Å². The highest BCUT2D eigenvalue weighted by Crippen LogP contribution is 2.42. The Morgan fingerprint density at radius 1 is 1.06 bits per heavy atom. The van der Waals surface area contributed by atoms with Gasteiger partial charge in [0.25, 0.3) is 5.91 Å². The van der Waals surface area contributed by atoms with Crippen molar-refractivity contribution in [1.29, 1.82) is 0 Å². The lowest BCUT2D eigenvalue weighted by Crippen LogP contribution is -2.13. The van der Waals surface area contributed by atoms with Crippen molar-refractivity contribution in [2.45, 2.75) is 6.42 Å². The van der Waals surface area contributed by atoms with Crippen LogP contribution in [0.15, 0.2) is 42.5 Å². The fourth-order valence-electron chi connectivity index (χ4n) is 2.88. The van der Waals surface area contributed by atoms with Crippen LogP contribution in [-0.2, 0) is 6.42 Å². The first-order valence-corrected chi connectivity index (χ1v) is 6.14. The van der Waals surface area contributed by atoms with Gasteiger partial charge in [0.15, 0.2) is 0 Å². The first kappa shape index (κ1) is 9.71. The van der Waals surface area contributed by atoms with Crippen LogP contribution in [0.1, 0.15) is 15.9 Å². The highest BCUT2D eigenvalue weighted by Gasteiger charge is 2.30. The summed E-state index contributed by atoms with van der Waals surface area (Å²) < 4.78 is 0. The molecule has 2 aromatic carbocycles. The van der Waals surface area contributed by atoms with Crippen LogP contribution >= 0.6 is 0 Å². The third-order valence-electron chi connectivity index (χ3n) is 3.68. The van der Waals surface area contributed by atoms with E-state index in [2.05, 4.69) is 22.3 Å². The highest BCUT2D eigenvalue weighted by molar-refractivity contribution is 6.13. The number of anilines is 3. The van der Waals surface area contributed by atoms with Crippen molar-refractivity contribution >= 4 is 23.0 Å². The Labute approximate surface area is 105 Å². The summed E-state index contributed by atoms with van der Waals surface area (Å²) in [6.07, 6.45) is 1.00. The number of amides is 1. The van der Waals surface area contributed by atoms with Crippen molar-refractivity contribution in [2.24, 2.45) is 0 Å². The second-order valence-corrected chi connectivity index (χ2v) is 4.69. The van der Waals surface area contributed by atoms with E-state index in [0.29, 0.717) is 0 Å². The maximum atomic E-state index is 12.3. The summed E-state index contributed by atoms with van der Waals surface area (Å²) >= 11 is 0. The summed E-state index contributed by atoms with van der Waals surface area (Å²) in [4.78, 5) is 14.5. The number of carbonyl (C=O) groups excluding carboxylic acids is 1. The quantitative estimate of drug-likeness (QED) is 0.762. The lowest BCUT2D eigenvalue weighted by atomic mass is 10.1. The molecule has 2 aliphatic rings. The predicted molar refractivity (Wildman–Crippen MR) is 71.5 cm³/mol. The summed E-state index contributed by atoms with van der Waals surface area (Å²) in [6, 6.07) is 14.0. The molecule has 0 radical (unpaired) electrons. The smallest absolute Gasteiger partial charge is 0.257 e. The Hall–Kier alpha value is -2.29. The number of rotatable bonds is 0. The van der Waals surface area contributed by atoms with Crippen LogP contribution in [0.2, 0.25) is 0 Å². The molecule has 0 saturated heterocycles. The first-order chi connectivity index (χ1) is 8.84. The van der Waals surface area contributed by atoms with Crippen LogP contribution in [0.25, 0.3) is 0 Å². The Balaban J connectivity index is 2.05. The van der Waals surface area contributed by atoms with Gasteiger partial charge in [-0.3, -0.25) is 4.79 Å². The number of nitrogens with zero attached hydrogens (tertiary/aromatic N) is 1. The van der Waals surface area contributed by atoms with Gasteiger partial charge in [-0.05, 0) is 30.2 Å². The normalized spacial score (nSPS) is 15.8. The SMILES string of the molecule is O=C1Nc2ccccc2N2CCc3cccc1c32. The van der Waals surface area contributed by atoms with E-state index in [1.54, 1.807) is 0 Å². The lowest BCUT2D eigenvalue weighted by Gasteiger charge is -2.20. The molecule has 3 heteroatoms. The summed E-state index contributed by atoms with van der Waals surface area (Å²) in [6.45, 7) is 0.943.